The van der Waals surface area contributed by atoms with Gasteiger partial charge in [-0.3, -0.25) is 14.4 Å². The van der Waals surface area contributed by atoms with E-state index in [-0.39, 0.29) is 29.6 Å². The number of amides is 2. The highest BCUT2D eigenvalue weighted by molar-refractivity contribution is 6.33. The van der Waals surface area contributed by atoms with Crippen LogP contribution in [0.2, 0.25) is 10.0 Å². The van der Waals surface area contributed by atoms with E-state index in [9.17, 15) is 27.6 Å². The van der Waals surface area contributed by atoms with Gasteiger partial charge in [-0.15, -0.1) is 0 Å². The molecule has 0 spiro atoms. The van der Waals surface area contributed by atoms with Gasteiger partial charge >= 0.3 is 12.1 Å². The molecule has 31 heavy (non-hydrogen) atoms. The third-order valence-electron chi connectivity index (χ3n) is 4.49. The van der Waals surface area contributed by atoms with E-state index >= 15 is 0 Å². The van der Waals surface area contributed by atoms with E-state index in [0.29, 0.717) is 16.8 Å². The minimum Gasteiger partial charge on any atom is -0.455 e. The van der Waals surface area contributed by atoms with Gasteiger partial charge in [0, 0.05) is 23.7 Å². The van der Waals surface area contributed by atoms with Crippen molar-refractivity contribution in [2.24, 2.45) is 5.92 Å². The Labute approximate surface area is 184 Å². The molecule has 1 fully saturated rings. The van der Waals surface area contributed by atoms with Crippen LogP contribution in [0.5, 0.6) is 0 Å². The average molecular weight is 475 g/mol. The summed E-state index contributed by atoms with van der Waals surface area (Å²) in [4.78, 5) is 37.9. The molecule has 2 aromatic rings. The maximum atomic E-state index is 12.8. The van der Waals surface area contributed by atoms with Gasteiger partial charge in [-0.2, -0.15) is 13.2 Å². The number of anilines is 2. The molecule has 6 nitrogen and oxygen atoms in total. The fourth-order valence-electron chi connectivity index (χ4n) is 3.00. The Balaban J connectivity index is 1.56. The molecule has 0 aliphatic carbocycles. The second-order valence-electron chi connectivity index (χ2n) is 6.73. The molecule has 11 heteroatoms. The Bertz CT molecular complexity index is 1030. The van der Waals surface area contributed by atoms with Gasteiger partial charge in [0.15, 0.2) is 6.61 Å². The van der Waals surface area contributed by atoms with E-state index in [1.54, 1.807) is 24.3 Å². The highest BCUT2D eigenvalue weighted by Crippen LogP contribution is 2.34. The third kappa shape index (κ3) is 5.68. The molecule has 0 bridgehead atoms. The van der Waals surface area contributed by atoms with Gasteiger partial charge in [-0.1, -0.05) is 29.3 Å². The summed E-state index contributed by atoms with van der Waals surface area (Å²) in [5.74, 6) is -2.74. The Morgan fingerprint density at radius 2 is 1.90 bits per heavy atom. The summed E-state index contributed by atoms with van der Waals surface area (Å²) < 4.78 is 43.4. The standard InChI is InChI=1S/C20H15Cl2F3N2O4/c21-13-2-1-3-14(8-13)27-9-11(6-18(27)29)19(30)31-10-17(28)26-16-7-12(20(23,24)25)4-5-15(16)22/h1-5,7-8,11H,6,9-10H2,(H,26,28)/t11-/m1/s1. The van der Waals surface area contributed by atoms with Crippen LogP contribution >= 0.6 is 23.2 Å². The number of esters is 1. The van der Waals surface area contributed by atoms with Crippen LogP contribution in [0, 0.1) is 5.92 Å². The number of benzene rings is 2. The molecule has 1 aliphatic rings. The van der Waals surface area contributed by atoms with Crippen molar-refractivity contribution in [3.63, 3.8) is 0 Å². The van der Waals surface area contributed by atoms with E-state index in [1.807, 2.05) is 0 Å². The van der Waals surface area contributed by atoms with Crippen LogP contribution in [-0.2, 0) is 25.3 Å². The molecule has 1 N–H and O–H groups in total. The second kappa shape index (κ2) is 9.15. The first-order valence-electron chi connectivity index (χ1n) is 8.94. The molecule has 2 aromatic carbocycles. The van der Waals surface area contributed by atoms with Crippen molar-refractivity contribution < 1.29 is 32.3 Å². The minimum atomic E-state index is -4.61. The van der Waals surface area contributed by atoms with E-state index in [1.165, 1.54) is 4.90 Å². The Kier molecular flexibility index (Phi) is 6.76. The zero-order chi connectivity index (χ0) is 22.8. The summed E-state index contributed by atoms with van der Waals surface area (Å²) in [5, 5.41) is 2.50. The first kappa shape index (κ1) is 22.9. The zero-order valence-corrected chi connectivity index (χ0v) is 17.2. The molecular formula is C20H15Cl2F3N2O4. The van der Waals surface area contributed by atoms with Gasteiger partial charge in [-0.05, 0) is 36.4 Å². The number of hydrogen-bond donors (Lipinski definition) is 1. The van der Waals surface area contributed by atoms with Crippen molar-refractivity contribution in [3.8, 4) is 0 Å². The van der Waals surface area contributed by atoms with Gasteiger partial charge in [-0.25, -0.2) is 0 Å². The van der Waals surface area contributed by atoms with Crippen LogP contribution in [-0.4, -0.2) is 30.9 Å². The van der Waals surface area contributed by atoms with Gasteiger partial charge < -0.3 is 15.0 Å². The van der Waals surface area contributed by atoms with E-state index < -0.39 is 36.1 Å². The minimum absolute atomic E-state index is 0.0546. The molecule has 0 unspecified atom stereocenters. The highest BCUT2D eigenvalue weighted by atomic mass is 35.5. The maximum absolute atomic E-state index is 12.8. The number of hydrogen-bond acceptors (Lipinski definition) is 4. The molecule has 0 saturated carbocycles. The monoisotopic (exact) mass is 474 g/mol. The molecule has 164 valence electrons. The lowest BCUT2D eigenvalue weighted by Crippen LogP contribution is -2.28. The summed E-state index contributed by atoms with van der Waals surface area (Å²) in [7, 11) is 0. The number of rotatable bonds is 5. The van der Waals surface area contributed by atoms with Gasteiger partial charge in [0.05, 0.1) is 22.2 Å². The van der Waals surface area contributed by atoms with Crippen LogP contribution in [0.25, 0.3) is 0 Å². The third-order valence-corrected chi connectivity index (χ3v) is 5.06. The van der Waals surface area contributed by atoms with Crippen molar-refractivity contribution in [1.82, 2.24) is 0 Å². The lowest BCUT2D eigenvalue weighted by molar-refractivity contribution is -0.151. The van der Waals surface area contributed by atoms with Gasteiger partial charge in [0.2, 0.25) is 5.91 Å². The van der Waals surface area contributed by atoms with E-state index in [4.69, 9.17) is 27.9 Å². The van der Waals surface area contributed by atoms with Crippen molar-refractivity contribution in [3.05, 3.63) is 58.1 Å². The number of nitrogens with zero attached hydrogens (tertiary/aromatic N) is 1. The van der Waals surface area contributed by atoms with Gasteiger partial charge in [0.25, 0.3) is 5.91 Å². The van der Waals surface area contributed by atoms with Crippen molar-refractivity contribution in [1.29, 1.82) is 0 Å². The van der Waals surface area contributed by atoms with Gasteiger partial charge in [0.1, 0.15) is 0 Å². The fourth-order valence-corrected chi connectivity index (χ4v) is 3.35. The lowest BCUT2D eigenvalue weighted by Gasteiger charge is -2.16. The van der Waals surface area contributed by atoms with Crippen LogP contribution in [0.4, 0.5) is 24.5 Å². The van der Waals surface area contributed by atoms with E-state index in [2.05, 4.69) is 5.32 Å². The summed E-state index contributed by atoms with van der Waals surface area (Å²) in [6, 6.07) is 9.03. The molecule has 3 rings (SSSR count). The van der Waals surface area contributed by atoms with Crippen molar-refractivity contribution >= 4 is 52.4 Å². The number of carbonyl (C=O) groups excluding carboxylic acids is 3. The highest BCUT2D eigenvalue weighted by Gasteiger charge is 2.36. The van der Waals surface area contributed by atoms with Crippen LogP contribution < -0.4 is 10.2 Å². The maximum Gasteiger partial charge on any atom is 0.416 e. The second-order valence-corrected chi connectivity index (χ2v) is 7.58. The first-order valence-corrected chi connectivity index (χ1v) is 9.69. The topological polar surface area (TPSA) is 75.7 Å². The zero-order valence-electron chi connectivity index (χ0n) is 15.7. The predicted octanol–water partition coefficient (Wildman–Crippen LogP) is 4.55. The number of halogens is 5. The Morgan fingerprint density at radius 3 is 2.58 bits per heavy atom. The van der Waals surface area contributed by atoms with E-state index in [0.717, 1.165) is 12.1 Å². The number of alkyl halides is 3. The fraction of sp³-hybridized carbons (Fsp3) is 0.250. The smallest absolute Gasteiger partial charge is 0.416 e. The van der Waals surface area contributed by atoms with Crippen molar-refractivity contribution in [2.75, 3.05) is 23.4 Å². The summed E-state index contributed by atoms with van der Waals surface area (Å²) in [5.41, 5.74) is -0.722. The molecule has 1 saturated heterocycles. The molecule has 0 aromatic heterocycles. The molecular weight excluding hydrogens is 460 g/mol. The Morgan fingerprint density at radius 1 is 1.16 bits per heavy atom. The Hall–Kier alpha value is -2.78. The quantitative estimate of drug-likeness (QED) is 0.645. The summed E-state index contributed by atoms with van der Waals surface area (Å²) in [6.07, 6.45) is -4.72. The largest absolute Gasteiger partial charge is 0.455 e. The summed E-state index contributed by atoms with van der Waals surface area (Å²) >= 11 is 11.7. The number of carbonyl (C=O) groups is 3. The summed E-state index contributed by atoms with van der Waals surface area (Å²) in [6.45, 7) is -0.688. The van der Waals surface area contributed by atoms with Crippen LogP contribution in [0.1, 0.15) is 12.0 Å². The first-order chi connectivity index (χ1) is 14.5. The molecule has 1 aliphatic heterocycles. The van der Waals surface area contributed by atoms with Crippen LogP contribution in [0.3, 0.4) is 0 Å². The average Bonchev–Trinajstić information content (AvgIpc) is 3.09. The predicted molar refractivity (Wildman–Crippen MR) is 108 cm³/mol. The molecule has 2 amide bonds. The van der Waals surface area contributed by atoms with Crippen LogP contribution in [0.15, 0.2) is 42.5 Å². The lowest BCUT2D eigenvalue weighted by atomic mass is 10.1. The van der Waals surface area contributed by atoms with Crippen molar-refractivity contribution in [2.45, 2.75) is 12.6 Å². The number of ether oxygens (including phenoxy) is 1. The molecule has 0 radical (unpaired) electrons. The molecule has 1 heterocycles. The normalized spacial score (nSPS) is 16.4. The SMILES string of the molecule is O=C(COC(=O)[C@@H]1CC(=O)N(c2cccc(Cl)c2)C1)Nc1cc(C(F)(F)F)ccc1Cl. The number of nitrogens with one attached hydrogen (secondary N) is 1. The molecule has 1 atom stereocenters.